The van der Waals surface area contributed by atoms with Crippen molar-refractivity contribution >= 4 is 29.7 Å². The lowest BCUT2D eigenvalue weighted by Crippen LogP contribution is -2.61. The SMILES string of the molecule is CCCOCCOCCOCCOCCNC(=O)CO[C@@H]([C@@H]1OC(C(=O)O)=C[C@H](N=C(N)N)[C@H]1NC(C)=O)[C@H](O)CNC(=O)C1CC1. The Hall–Kier alpha value is -3.55. The first-order chi connectivity index (χ1) is 22.5. The molecule has 1 saturated carbocycles. The van der Waals surface area contributed by atoms with Crippen LogP contribution in [0.3, 0.4) is 0 Å². The molecule has 0 bridgehead atoms. The number of carboxylic acids is 1. The van der Waals surface area contributed by atoms with Crippen LogP contribution in [-0.4, -0.2) is 143 Å². The number of aliphatic carboxylic acids is 1. The quantitative estimate of drug-likeness (QED) is 0.0297. The lowest BCUT2D eigenvalue weighted by atomic mass is 9.91. The van der Waals surface area contributed by atoms with E-state index in [1.165, 1.54) is 6.92 Å². The Kier molecular flexibility index (Phi) is 18.6. The highest BCUT2D eigenvalue weighted by Gasteiger charge is 2.45. The number of nitrogens with two attached hydrogens (primary N) is 2. The van der Waals surface area contributed by atoms with Gasteiger partial charge < -0.3 is 66.1 Å². The second-order valence-corrected chi connectivity index (χ2v) is 10.9. The molecule has 1 aliphatic carbocycles. The topological polar surface area (TPSA) is 265 Å². The fourth-order valence-electron chi connectivity index (χ4n) is 4.43. The number of carbonyl (C=O) groups is 4. The van der Waals surface area contributed by atoms with Crippen molar-refractivity contribution in [2.24, 2.45) is 22.4 Å². The number of nitrogens with zero attached hydrogens (tertiary/aromatic N) is 1. The van der Waals surface area contributed by atoms with Gasteiger partial charge in [0, 0.05) is 32.5 Å². The maximum Gasteiger partial charge on any atom is 0.370 e. The summed E-state index contributed by atoms with van der Waals surface area (Å²) < 4.78 is 33.0. The number of nitrogens with one attached hydrogen (secondary N) is 3. The minimum absolute atomic E-state index is 0.140. The van der Waals surface area contributed by atoms with Crippen LogP contribution in [0.25, 0.3) is 0 Å². The molecule has 47 heavy (non-hydrogen) atoms. The number of carbonyl (C=O) groups excluding carboxylic acids is 3. The third-order valence-electron chi connectivity index (χ3n) is 6.76. The Balaban J connectivity index is 1.91. The van der Waals surface area contributed by atoms with Gasteiger partial charge in [-0.15, -0.1) is 0 Å². The largest absolute Gasteiger partial charge is 0.478 e. The molecule has 268 valence electrons. The molecule has 0 unspecified atom stereocenters. The molecule has 3 amide bonds. The monoisotopic (exact) mass is 674 g/mol. The molecule has 1 aliphatic heterocycles. The van der Waals surface area contributed by atoms with Gasteiger partial charge in [-0.25, -0.2) is 9.79 Å². The molecule has 18 nitrogen and oxygen atoms in total. The molecule has 1 heterocycles. The molecular formula is C29H50N6O12. The Morgan fingerprint density at radius 1 is 0.979 bits per heavy atom. The van der Waals surface area contributed by atoms with Gasteiger partial charge in [0.05, 0.1) is 58.3 Å². The number of aliphatic imine (C=N–C) groups is 1. The summed E-state index contributed by atoms with van der Waals surface area (Å²) in [5.74, 6) is -3.96. The van der Waals surface area contributed by atoms with Crippen LogP contribution in [0.2, 0.25) is 0 Å². The number of guanidine groups is 1. The number of carboxylic acid groups (broad SMARTS) is 1. The average molecular weight is 675 g/mol. The van der Waals surface area contributed by atoms with Crippen LogP contribution in [0, 0.1) is 5.92 Å². The minimum atomic E-state index is -1.50. The molecule has 2 aliphatic rings. The van der Waals surface area contributed by atoms with Crippen LogP contribution in [-0.2, 0) is 47.6 Å². The first-order valence-electron chi connectivity index (χ1n) is 15.7. The van der Waals surface area contributed by atoms with Crippen molar-refractivity contribution < 1.29 is 57.8 Å². The lowest BCUT2D eigenvalue weighted by molar-refractivity contribution is -0.155. The number of hydrogen-bond acceptors (Lipinski definition) is 12. The predicted octanol–water partition coefficient (Wildman–Crippen LogP) is -2.63. The van der Waals surface area contributed by atoms with Gasteiger partial charge in [-0.05, 0) is 25.3 Å². The van der Waals surface area contributed by atoms with Crippen molar-refractivity contribution in [1.82, 2.24) is 16.0 Å². The highest BCUT2D eigenvalue weighted by Crippen LogP contribution is 2.29. The first kappa shape index (κ1) is 39.6. The first-order valence-corrected chi connectivity index (χ1v) is 15.7. The van der Waals surface area contributed by atoms with Crippen molar-refractivity contribution in [2.45, 2.75) is 63.5 Å². The number of aliphatic hydroxyl groups is 1. The number of amides is 3. The van der Waals surface area contributed by atoms with Gasteiger partial charge in [0.1, 0.15) is 18.8 Å². The Labute approximate surface area is 273 Å². The number of aliphatic hydroxyl groups excluding tert-OH is 1. The molecule has 9 N–H and O–H groups in total. The highest BCUT2D eigenvalue weighted by atomic mass is 16.6. The van der Waals surface area contributed by atoms with Crippen LogP contribution < -0.4 is 27.4 Å². The number of ether oxygens (including phenoxy) is 6. The van der Waals surface area contributed by atoms with E-state index in [1.807, 2.05) is 6.92 Å². The van der Waals surface area contributed by atoms with Crippen LogP contribution >= 0.6 is 0 Å². The van der Waals surface area contributed by atoms with Crippen molar-refractivity contribution in [3.63, 3.8) is 0 Å². The average Bonchev–Trinajstić information content (AvgIpc) is 3.86. The van der Waals surface area contributed by atoms with Crippen molar-refractivity contribution in [3.8, 4) is 0 Å². The summed E-state index contributed by atoms with van der Waals surface area (Å²) in [7, 11) is 0. The third-order valence-corrected chi connectivity index (χ3v) is 6.76. The third kappa shape index (κ3) is 16.2. The molecule has 1 fully saturated rings. The number of rotatable bonds is 25. The van der Waals surface area contributed by atoms with E-state index < -0.39 is 66.5 Å². The van der Waals surface area contributed by atoms with Gasteiger partial charge in [0.2, 0.25) is 23.5 Å². The Morgan fingerprint density at radius 2 is 1.57 bits per heavy atom. The van der Waals surface area contributed by atoms with Crippen LogP contribution in [0.1, 0.15) is 33.1 Å². The zero-order valence-electron chi connectivity index (χ0n) is 27.0. The zero-order chi connectivity index (χ0) is 34.6. The summed E-state index contributed by atoms with van der Waals surface area (Å²) in [5.41, 5.74) is 11.1. The van der Waals surface area contributed by atoms with E-state index in [-0.39, 0.29) is 31.5 Å². The second-order valence-electron chi connectivity index (χ2n) is 10.9. The molecule has 0 spiro atoms. The van der Waals surface area contributed by atoms with Crippen LogP contribution in [0.15, 0.2) is 16.8 Å². The smallest absolute Gasteiger partial charge is 0.370 e. The zero-order valence-corrected chi connectivity index (χ0v) is 27.0. The Bertz CT molecular complexity index is 1050. The van der Waals surface area contributed by atoms with E-state index in [1.54, 1.807) is 0 Å². The number of hydrogen-bond donors (Lipinski definition) is 7. The van der Waals surface area contributed by atoms with E-state index in [9.17, 15) is 29.4 Å². The van der Waals surface area contributed by atoms with Gasteiger partial charge in [-0.3, -0.25) is 14.4 Å². The molecule has 5 atom stereocenters. The van der Waals surface area contributed by atoms with E-state index in [0.717, 1.165) is 25.3 Å². The normalized spacial score (nSPS) is 20.2. The fourth-order valence-corrected chi connectivity index (χ4v) is 4.43. The van der Waals surface area contributed by atoms with E-state index in [0.29, 0.717) is 46.2 Å². The maximum atomic E-state index is 12.6. The molecule has 0 radical (unpaired) electrons. The lowest BCUT2D eigenvalue weighted by Gasteiger charge is -2.40. The summed E-state index contributed by atoms with van der Waals surface area (Å²) in [5, 5.41) is 28.6. The summed E-state index contributed by atoms with van der Waals surface area (Å²) in [6.07, 6.45) is -0.803. The fraction of sp³-hybridized carbons (Fsp3) is 0.759. The van der Waals surface area contributed by atoms with Crippen LogP contribution in [0.5, 0.6) is 0 Å². The molecule has 0 aromatic rings. The molecular weight excluding hydrogens is 624 g/mol. The highest BCUT2D eigenvalue weighted by molar-refractivity contribution is 5.85. The van der Waals surface area contributed by atoms with Crippen molar-refractivity contribution in [3.05, 3.63) is 11.8 Å². The van der Waals surface area contributed by atoms with E-state index >= 15 is 0 Å². The van der Waals surface area contributed by atoms with Gasteiger partial charge in [-0.2, -0.15) is 0 Å². The molecule has 0 saturated heterocycles. The summed E-state index contributed by atoms with van der Waals surface area (Å²) >= 11 is 0. The summed E-state index contributed by atoms with van der Waals surface area (Å²) in [6.45, 7) is 5.93. The second kappa shape index (κ2) is 22.1. The van der Waals surface area contributed by atoms with Gasteiger partial charge in [-0.1, -0.05) is 6.92 Å². The molecule has 0 aromatic heterocycles. The van der Waals surface area contributed by atoms with Crippen LogP contribution in [0.4, 0.5) is 0 Å². The summed E-state index contributed by atoms with van der Waals surface area (Å²) in [6, 6.07) is -2.25. The van der Waals surface area contributed by atoms with Gasteiger partial charge in [0.25, 0.3) is 0 Å². The minimum Gasteiger partial charge on any atom is -0.478 e. The van der Waals surface area contributed by atoms with Crippen molar-refractivity contribution in [1.29, 1.82) is 0 Å². The predicted molar refractivity (Wildman–Crippen MR) is 166 cm³/mol. The molecule has 2 rings (SSSR count). The van der Waals surface area contributed by atoms with E-state index in [2.05, 4.69) is 20.9 Å². The molecule has 0 aromatic carbocycles. The van der Waals surface area contributed by atoms with E-state index in [4.69, 9.17) is 39.9 Å². The van der Waals surface area contributed by atoms with Gasteiger partial charge >= 0.3 is 5.97 Å². The standard InChI is InChI=1S/C29H50N6O12/c1-3-7-42-9-11-44-13-14-45-12-10-43-8-6-32-23(38)17-46-25(21(37)16-33-27(39)19-4-5-19)26-24(34-18(2)36)20(35-29(30)31)15-22(47-26)28(40)41/h15,19-21,24-26,37H,3-14,16-17H2,1-2H3,(H,32,38)(H,33,39)(H,34,36)(H,40,41)(H4,30,31,35)/t20-,21+,24+,25+,26+/m0/s1. The van der Waals surface area contributed by atoms with Gasteiger partial charge in [0.15, 0.2) is 12.1 Å². The summed E-state index contributed by atoms with van der Waals surface area (Å²) in [4.78, 5) is 52.9. The van der Waals surface area contributed by atoms with Crippen molar-refractivity contribution in [2.75, 3.05) is 72.6 Å². The maximum absolute atomic E-state index is 12.6. The molecule has 18 heteroatoms. The Morgan fingerprint density at radius 3 is 2.11 bits per heavy atom.